The first-order chi connectivity index (χ1) is 9.61. The summed E-state index contributed by atoms with van der Waals surface area (Å²) in [6, 6.07) is 2.14. The predicted molar refractivity (Wildman–Crippen MR) is 86.2 cm³/mol. The fourth-order valence-corrected chi connectivity index (χ4v) is 4.07. The highest BCUT2D eigenvalue weighted by atomic mass is 32.1. The molecule has 3 rings (SSSR count). The molecular weight excluding hydrogens is 268 g/mol. The van der Waals surface area contributed by atoms with Gasteiger partial charge in [-0.3, -0.25) is 0 Å². The Morgan fingerprint density at radius 3 is 3.05 bits per heavy atom. The van der Waals surface area contributed by atoms with Crippen molar-refractivity contribution in [2.24, 2.45) is 11.8 Å². The average molecular weight is 290 g/mol. The van der Waals surface area contributed by atoms with Crippen LogP contribution in [0.25, 0.3) is 10.2 Å². The number of aryl methyl sites for hydroxylation is 1. The third kappa shape index (κ3) is 2.87. The second-order valence-corrected chi connectivity index (χ2v) is 7.26. The highest BCUT2D eigenvalue weighted by Gasteiger charge is 2.19. The Kier molecular flexibility index (Phi) is 3.78. The zero-order valence-electron chi connectivity index (χ0n) is 12.1. The molecule has 2 heterocycles. The van der Waals surface area contributed by atoms with E-state index in [-0.39, 0.29) is 0 Å². The van der Waals surface area contributed by atoms with E-state index >= 15 is 0 Å². The van der Waals surface area contributed by atoms with Crippen LogP contribution in [0.15, 0.2) is 6.07 Å². The summed E-state index contributed by atoms with van der Waals surface area (Å²) >= 11 is 1.67. The summed E-state index contributed by atoms with van der Waals surface area (Å²) < 4.78 is 0. The molecule has 4 nitrogen and oxygen atoms in total. The van der Waals surface area contributed by atoms with E-state index in [2.05, 4.69) is 35.2 Å². The molecule has 1 saturated carbocycles. The molecule has 1 aliphatic rings. The standard InChI is InChI=1S/C15H22N4S/c1-9-4-3-5-11(6-9)8-17-13-12-7-10(2)20-14(12)19-15(16)18-13/h7,9,11H,3-6,8H2,1-2H3,(H3,16,17,18,19). The second kappa shape index (κ2) is 5.56. The van der Waals surface area contributed by atoms with Crippen molar-refractivity contribution in [2.75, 3.05) is 17.6 Å². The molecule has 1 aliphatic carbocycles. The summed E-state index contributed by atoms with van der Waals surface area (Å²) in [5, 5.41) is 4.61. The van der Waals surface area contributed by atoms with Gasteiger partial charge in [-0.25, -0.2) is 4.98 Å². The van der Waals surface area contributed by atoms with Gasteiger partial charge in [0.15, 0.2) is 0 Å². The first-order valence-electron chi connectivity index (χ1n) is 7.39. The Morgan fingerprint density at radius 2 is 2.25 bits per heavy atom. The minimum atomic E-state index is 0.360. The van der Waals surface area contributed by atoms with Crippen LogP contribution in [-0.2, 0) is 0 Å². The Balaban J connectivity index is 1.76. The van der Waals surface area contributed by atoms with Crippen molar-refractivity contribution < 1.29 is 0 Å². The molecule has 0 aliphatic heterocycles. The van der Waals surface area contributed by atoms with Crippen LogP contribution in [-0.4, -0.2) is 16.5 Å². The molecule has 2 atom stereocenters. The molecular formula is C15H22N4S. The Bertz CT molecular complexity index is 607. The molecule has 5 heteroatoms. The van der Waals surface area contributed by atoms with Crippen molar-refractivity contribution in [2.45, 2.75) is 39.5 Å². The molecule has 0 saturated heterocycles. The summed E-state index contributed by atoms with van der Waals surface area (Å²) in [6.07, 6.45) is 5.38. The minimum absolute atomic E-state index is 0.360. The van der Waals surface area contributed by atoms with Gasteiger partial charge in [0, 0.05) is 11.4 Å². The first kappa shape index (κ1) is 13.6. The van der Waals surface area contributed by atoms with Gasteiger partial charge in [-0.15, -0.1) is 11.3 Å². The minimum Gasteiger partial charge on any atom is -0.369 e. The topological polar surface area (TPSA) is 63.8 Å². The summed E-state index contributed by atoms with van der Waals surface area (Å²) in [5.74, 6) is 2.87. The van der Waals surface area contributed by atoms with Crippen LogP contribution in [0.5, 0.6) is 0 Å². The molecule has 108 valence electrons. The van der Waals surface area contributed by atoms with Gasteiger partial charge in [-0.05, 0) is 37.7 Å². The summed E-state index contributed by atoms with van der Waals surface area (Å²) in [6.45, 7) is 5.44. The number of aromatic nitrogens is 2. The van der Waals surface area contributed by atoms with Gasteiger partial charge in [0.05, 0.1) is 5.39 Å². The third-order valence-electron chi connectivity index (χ3n) is 4.14. The number of rotatable bonds is 3. The molecule has 0 spiro atoms. The summed E-state index contributed by atoms with van der Waals surface area (Å²) in [4.78, 5) is 10.9. The van der Waals surface area contributed by atoms with Crippen molar-refractivity contribution >= 4 is 33.3 Å². The summed E-state index contributed by atoms with van der Waals surface area (Å²) in [5.41, 5.74) is 5.81. The summed E-state index contributed by atoms with van der Waals surface area (Å²) in [7, 11) is 0. The van der Waals surface area contributed by atoms with Crippen LogP contribution in [0.4, 0.5) is 11.8 Å². The molecule has 0 radical (unpaired) electrons. The number of nitrogens with one attached hydrogen (secondary N) is 1. The van der Waals surface area contributed by atoms with Crippen molar-refractivity contribution in [1.82, 2.24) is 9.97 Å². The highest BCUT2D eigenvalue weighted by Crippen LogP contribution is 2.31. The lowest BCUT2D eigenvalue weighted by Crippen LogP contribution is -2.21. The first-order valence-corrected chi connectivity index (χ1v) is 8.21. The smallest absolute Gasteiger partial charge is 0.223 e. The van der Waals surface area contributed by atoms with E-state index in [0.29, 0.717) is 5.95 Å². The number of thiophene rings is 1. The average Bonchev–Trinajstić information content (AvgIpc) is 2.76. The third-order valence-corrected chi connectivity index (χ3v) is 5.08. The predicted octanol–water partition coefficient (Wildman–Crippen LogP) is 3.82. The van der Waals surface area contributed by atoms with Crippen molar-refractivity contribution in [3.05, 3.63) is 10.9 Å². The van der Waals surface area contributed by atoms with E-state index in [1.54, 1.807) is 11.3 Å². The van der Waals surface area contributed by atoms with Gasteiger partial charge in [-0.1, -0.05) is 19.8 Å². The Morgan fingerprint density at radius 1 is 1.40 bits per heavy atom. The molecule has 0 aromatic carbocycles. The monoisotopic (exact) mass is 290 g/mol. The van der Waals surface area contributed by atoms with E-state index in [9.17, 15) is 0 Å². The zero-order valence-corrected chi connectivity index (χ0v) is 13.0. The maximum atomic E-state index is 5.81. The van der Waals surface area contributed by atoms with E-state index < -0.39 is 0 Å². The Labute approximate surface area is 123 Å². The van der Waals surface area contributed by atoms with Crippen LogP contribution in [0, 0.1) is 18.8 Å². The molecule has 3 N–H and O–H groups in total. The highest BCUT2D eigenvalue weighted by molar-refractivity contribution is 7.18. The lowest BCUT2D eigenvalue weighted by Gasteiger charge is -2.27. The number of anilines is 2. The van der Waals surface area contributed by atoms with E-state index in [1.165, 1.54) is 30.6 Å². The maximum absolute atomic E-state index is 5.81. The number of fused-ring (bicyclic) bond motifs is 1. The van der Waals surface area contributed by atoms with Crippen LogP contribution in [0.3, 0.4) is 0 Å². The van der Waals surface area contributed by atoms with Crippen molar-refractivity contribution in [1.29, 1.82) is 0 Å². The van der Waals surface area contributed by atoms with Gasteiger partial charge in [-0.2, -0.15) is 4.98 Å². The van der Waals surface area contributed by atoms with Gasteiger partial charge in [0.2, 0.25) is 5.95 Å². The van der Waals surface area contributed by atoms with E-state index in [4.69, 9.17) is 5.73 Å². The fourth-order valence-electron chi connectivity index (χ4n) is 3.18. The molecule has 1 fully saturated rings. The molecule has 2 aromatic rings. The molecule has 2 unspecified atom stereocenters. The van der Waals surface area contributed by atoms with E-state index in [0.717, 1.165) is 34.4 Å². The lowest BCUT2D eigenvalue weighted by molar-refractivity contribution is 0.293. The van der Waals surface area contributed by atoms with Gasteiger partial charge < -0.3 is 11.1 Å². The second-order valence-electron chi connectivity index (χ2n) is 6.02. The van der Waals surface area contributed by atoms with E-state index in [1.807, 2.05) is 0 Å². The van der Waals surface area contributed by atoms with Crippen LogP contribution >= 0.6 is 11.3 Å². The maximum Gasteiger partial charge on any atom is 0.223 e. The number of nitrogen functional groups attached to an aromatic ring is 1. The normalized spacial score (nSPS) is 23.1. The van der Waals surface area contributed by atoms with Gasteiger partial charge >= 0.3 is 0 Å². The van der Waals surface area contributed by atoms with Crippen molar-refractivity contribution in [3.63, 3.8) is 0 Å². The number of hydrogen-bond donors (Lipinski definition) is 2. The molecule has 0 bridgehead atoms. The fraction of sp³-hybridized carbons (Fsp3) is 0.600. The number of hydrogen-bond acceptors (Lipinski definition) is 5. The Hall–Kier alpha value is -1.36. The SMILES string of the molecule is Cc1cc2c(NCC3CCCC(C)C3)nc(N)nc2s1. The molecule has 2 aromatic heterocycles. The zero-order chi connectivity index (χ0) is 14.1. The largest absolute Gasteiger partial charge is 0.369 e. The van der Waals surface area contributed by atoms with Gasteiger partial charge in [0.25, 0.3) is 0 Å². The van der Waals surface area contributed by atoms with Crippen LogP contribution < -0.4 is 11.1 Å². The quantitative estimate of drug-likeness (QED) is 0.902. The van der Waals surface area contributed by atoms with Crippen molar-refractivity contribution in [3.8, 4) is 0 Å². The number of nitrogens with zero attached hydrogens (tertiary/aromatic N) is 2. The molecule has 20 heavy (non-hydrogen) atoms. The van der Waals surface area contributed by atoms with Crippen LogP contribution in [0.2, 0.25) is 0 Å². The lowest BCUT2D eigenvalue weighted by atomic mass is 9.82. The van der Waals surface area contributed by atoms with Gasteiger partial charge in [0.1, 0.15) is 10.6 Å². The van der Waals surface area contributed by atoms with Crippen LogP contribution in [0.1, 0.15) is 37.5 Å². The number of nitrogens with two attached hydrogens (primary N) is 1. The molecule has 0 amide bonds.